The van der Waals surface area contributed by atoms with Crippen LogP contribution >= 0.6 is 0 Å². The molecule has 0 atom stereocenters. The molecule has 3 rings (SSSR count). The van der Waals surface area contributed by atoms with Gasteiger partial charge in [-0.05, 0) is 30.5 Å². The van der Waals surface area contributed by atoms with Crippen LogP contribution in [0.2, 0.25) is 0 Å². The molecule has 4 heteroatoms. The molecule has 0 aliphatic carbocycles. The molecule has 0 saturated heterocycles. The first-order valence-electron chi connectivity index (χ1n) is 8.49. The summed E-state index contributed by atoms with van der Waals surface area (Å²) in [5.41, 5.74) is 4.16. The fourth-order valence-corrected chi connectivity index (χ4v) is 2.85. The highest BCUT2D eigenvalue weighted by atomic mass is 16.4. The number of aromatic nitrogens is 2. The van der Waals surface area contributed by atoms with Gasteiger partial charge in [0.05, 0.1) is 11.3 Å². The molecular formula is C20H22N2O2. The lowest BCUT2D eigenvalue weighted by Crippen LogP contribution is -1.96. The minimum atomic E-state index is -0.936. The van der Waals surface area contributed by atoms with E-state index >= 15 is 0 Å². The van der Waals surface area contributed by atoms with Crippen LogP contribution in [0.25, 0.3) is 16.9 Å². The second-order valence-electron chi connectivity index (χ2n) is 6.12. The molecule has 1 aromatic carbocycles. The second kappa shape index (κ2) is 7.30. The molecule has 0 saturated carbocycles. The second-order valence-corrected chi connectivity index (χ2v) is 6.12. The average Bonchev–Trinajstić information content (AvgIpc) is 3.02. The summed E-state index contributed by atoms with van der Waals surface area (Å²) in [7, 11) is 0. The van der Waals surface area contributed by atoms with Crippen LogP contribution in [-0.4, -0.2) is 20.5 Å². The Morgan fingerprint density at radius 2 is 1.92 bits per heavy atom. The van der Waals surface area contributed by atoms with Crippen molar-refractivity contribution in [3.05, 3.63) is 59.9 Å². The normalized spacial score (nSPS) is 11.0. The first-order chi connectivity index (χ1) is 11.7. The maximum absolute atomic E-state index is 11.0. The first kappa shape index (κ1) is 16.2. The molecule has 124 valence electrons. The van der Waals surface area contributed by atoms with Gasteiger partial charge in [-0.3, -0.25) is 0 Å². The number of carbonyl (C=O) groups is 1. The fourth-order valence-electron chi connectivity index (χ4n) is 2.85. The van der Waals surface area contributed by atoms with E-state index in [2.05, 4.69) is 36.2 Å². The Bertz CT molecular complexity index is 834. The number of aromatic carboxylic acids is 1. The highest BCUT2D eigenvalue weighted by Crippen LogP contribution is 2.21. The van der Waals surface area contributed by atoms with Crippen molar-refractivity contribution >= 4 is 11.6 Å². The van der Waals surface area contributed by atoms with E-state index in [0.717, 1.165) is 17.7 Å². The van der Waals surface area contributed by atoms with Gasteiger partial charge in [-0.2, -0.15) is 0 Å². The van der Waals surface area contributed by atoms with Gasteiger partial charge < -0.3 is 9.51 Å². The highest BCUT2D eigenvalue weighted by molar-refractivity contribution is 5.88. The van der Waals surface area contributed by atoms with Crippen molar-refractivity contribution in [1.82, 2.24) is 9.38 Å². The number of benzene rings is 1. The smallest absolute Gasteiger partial charge is 0.335 e. The van der Waals surface area contributed by atoms with Crippen molar-refractivity contribution < 1.29 is 9.90 Å². The first-order valence-corrected chi connectivity index (χ1v) is 8.49. The maximum atomic E-state index is 11.0. The van der Waals surface area contributed by atoms with Crippen molar-refractivity contribution in [3.8, 4) is 11.3 Å². The number of carboxylic acid groups (broad SMARTS) is 1. The summed E-state index contributed by atoms with van der Waals surface area (Å²) in [6.07, 6.45) is 9.87. The van der Waals surface area contributed by atoms with Crippen molar-refractivity contribution in [2.75, 3.05) is 0 Å². The number of nitrogens with zero attached hydrogens (tertiary/aromatic N) is 2. The molecule has 4 nitrogen and oxygen atoms in total. The molecule has 0 radical (unpaired) electrons. The molecule has 3 aromatic rings. The number of aryl methyl sites for hydroxylation is 1. The predicted molar refractivity (Wildman–Crippen MR) is 95.4 cm³/mol. The number of hydrogen-bond acceptors (Lipinski definition) is 2. The Labute approximate surface area is 141 Å². The highest BCUT2D eigenvalue weighted by Gasteiger charge is 2.08. The summed E-state index contributed by atoms with van der Waals surface area (Å²) in [6.45, 7) is 2.23. The van der Waals surface area contributed by atoms with E-state index in [4.69, 9.17) is 5.11 Å². The molecule has 24 heavy (non-hydrogen) atoms. The van der Waals surface area contributed by atoms with Crippen molar-refractivity contribution in [2.45, 2.75) is 39.0 Å². The van der Waals surface area contributed by atoms with E-state index in [1.54, 1.807) is 18.3 Å². The quantitative estimate of drug-likeness (QED) is 0.634. The zero-order valence-corrected chi connectivity index (χ0v) is 13.9. The van der Waals surface area contributed by atoms with E-state index in [1.807, 2.05) is 10.6 Å². The van der Waals surface area contributed by atoms with Crippen LogP contribution in [0.1, 0.15) is 48.5 Å². The third-order valence-corrected chi connectivity index (χ3v) is 4.28. The number of unbranched alkanes of at least 4 members (excludes halogenated alkanes) is 3. The fraction of sp³-hybridized carbons (Fsp3) is 0.300. The SMILES string of the molecule is CCCCCCc1ccc(-c2cn3ccc(C(=O)O)cc3n2)cc1. The van der Waals surface area contributed by atoms with Gasteiger partial charge in [-0.1, -0.05) is 50.5 Å². The molecule has 0 bridgehead atoms. The number of hydrogen-bond donors (Lipinski definition) is 1. The Morgan fingerprint density at radius 1 is 1.12 bits per heavy atom. The minimum Gasteiger partial charge on any atom is -0.478 e. The van der Waals surface area contributed by atoms with E-state index in [1.165, 1.54) is 31.2 Å². The Balaban J connectivity index is 1.76. The lowest BCUT2D eigenvalue weighted by molar-refractivity contribution is 0.0697. The van der Waals surface area contributed by atoms with E-state index < -0.39 is 5.97 Å². The van der Waals surface area contributed by atoms with Crippen LogP contribution in [0.15, 0.2) is 48.8 Å². The van der Waals surface area contributed by atoms with Gasteiger partial charge in [0.1, 0.15) is 5.65 Å². The topological polar surface area (TPSA) is 54.6 Å². The van der Waals surface area contributed by atoms with Gasteiger partial charge in [0, 0.05) is 18.0 Å². The molecule has 0 amide bonds. The summed E-state index contributed by atoms with van der Waals surface area (Å²) < 4.78 is 1.85. The van der Waals surface area contributed by atoms with Crippen LogP contribution < -0.4 is 0 Å². The molecule has 0 fully saturated rings. The van der Waals surface area contributed by atoms with Gasteiger partial charge in [0.25, 0.3) is 0 Å². The average molecular weight is 322 g/mol. The number of carboxylic acids is 1. The van der Waals surface area contributed by atoms with Crippen LogP contribution in [0, 0.1) is 0 Å². The summed E-state index contributed by atoms with van der Waals surface area (Å²) in [5, 5.41) is 9.07. The van der Waals surface area contributed by atoms with Crippen LogP contribution in [0.3, 0.4) is 0 Å². The Hall–Kier alpha value is -2.62. The Morgan fingerprint density at radius 3 is 2.62 bits per heavy atom. The summed E-state index contributed by atoms with van der Waals surface area (Å²) >= 11 is 0. The molecule has 1 N–H and O–H groups in total. The minimum absolute atomic E-state index is 0.252. The maximum Gasteiger partial charge on any atom is 0.335 e. The molecule has 0 aliphatic rings. The molecule has 2 aromatic heterocycles. The number of imidazole rings is 1. The standard InChI is InChI=1S/C20H22N2O2/c1-2-3-4-5-6-15-7-9-16(10-8-15)18-14-22-12-11-17(20(23)24)13-19(22)21-18/h7-14H,2-6H2,1H3,(H,23,24). The number of fused-ring (bicyclic) bond motifs is 1. The van der Waals surface area contributed by atoms with Gasteiger partial charge >= 0.3 is 5.97 Å². The van der Waals surface area contributed by atoms with Crippen molar-refractivity contribution in [3.63, 3.8) is 0 Å². The van der Waals surface area contributed by atoms with Gasteiger partial charge in [0.2, 0.25) is 0 Å². The lowest BCUT2D eigenvalue weighted by atomic mass is 10.0. The molecule has 0 spiro atoms. The van der Waals surface area contributed by atoms with Crippen LogP contribution in [-0.2, 0) is 6.42 Å². The van der Waals surface area contributed by atoms with Crippen molar-refractivity contribution in [1.29, 1.82) is 0 Å². The number of pyridine rings is 1. The summed E-state index contributed by atoms with van der Waals surface area (Å²) in [4.78, 5) is 15.6. The third-order valence-electron chi connectivity index (χ3n) is 4.28. The van der Waals surface area contributed by atoms with E-state index in [-0.39, 0.29) is 5.56 Å². The predicted octanol–water partition coefficient (Wildman–Crippen LogP) is 4.82. The number of rotatable bonds is 7. The van der Waals surface area contributed by atoms with Gasteiger partial charge in [-0.25, -0.2) is 9.78 Å². The van der Waals surface area contributed by atoms with E-state index in [9.17, 15) is 4.79 Å². The van der Waals surface area contributed by atoms with Crippen LogP contribution in [0.4, 0.5) is 0 Å². The monoisotopic (exact) mass is 322 g/mol. The Kier molecular flexibility index (Phi) is 4.94. The molecule has 2 heterocycles. The molecular weight excluding hydrogens is 300 g/mol. The summed E-state index contributed by atoms with van der Waals surface area (Å²) in [5.74, 6) is -0.936. The zero-order chi connectivity index (χ0) is 16.9. The molecule has 0 unspecified atom stereocenters. The van der Waals surface area contributed by atoms with Crippen LogP contribution in [0.5, 0.6) is 0 Å². The summed E-state index contributed by atoms with van der Waals surface area (Å²) in [6, 6.07) is 11.7. The van der Waals surface area contributed by atoms with E-state index in [0.29, 0.717) is 5.65 Å². The van der Waals surface area contributed by atoms with Gasteiger partial charge in [-0.15, -0.1) is 0 Å². The third kappa shape index (κ3) is 3.65. The van der Waals surface area contributed by atoms with Gasteiger partial charge in [0.15, 0.2) is 0 Å². The zero-order valence-electron chi connectivity index (χ0n) is 13.9. The largest absolute Gasteiger partial charge is 0.478 e. The van der Waals surface area contributed by atoms with Crippen molar-refractivity contribution in [2.24, 2.45) is 0 Å². The lowest BCUT2D eigenvalue weighted by Gasteiger charge is -2.02. The molecule has 0 aliphatic heterocycles.